The molecule has 7 heteroatoms. The number of hydrogen-bond acceptors (Lipinski definition) is 3. The van der Waals surface area contributed by atoms with E-state index in [0.29, 0.717) is 17.9 Å². The summed E-state index contributed by atoms with van der Waals surface area (Å²) in [4.78, 5) is 21.5. The van der Waals surface area contributed by atoms with E-state index in [1.807, 2.05) is 4.90 Å². The number of aliphatic imine (C=N–C) groups is 1. The predicted octanol–water partition coefficient (Wildman–Crippen LogP) is 3.07. The molecule has 2 saturated heterocycles. The van der Waals surface area contributed by atoms with Gasteiger partial charge in [-0.2, -0.15) is 0 Å². The Morgan fingerprint density at radius 3 is 2.75 bits per heavy atom. The Balaban J connectivity index is 0.00000392. The van der Waals surface area contributed by atoms with Crippen molar-refractivity contribution in [2.75, 3.05) is 45.8 Å². The molecule has 0 aromatic rings. The van der Waals surface area contributed by atoms with Crippen LogP contribution in [-0.4, -0.2) is 73.5 Å². The minimum atomic E-state index is 0. The average molecular weight is 508 g/mol. The molecule has 0 aliphatic carbocycles. The third-order valence-electron chi connectivity index (χ3n) is 5.70. The zero-order valence-electron chi connectivity index (χ0n) is 18.2. The third-order valence-corrected chi connectivity index (χ3v) is 5.70. The van der Waals surface area contributed by atoms with Crippen LogP contribution in [-0.2, 0) is 4.79 Å². The number of carbonyl (C=O) groups excluding carboxylic acids is 1. The maximum Gasteiger partial charge on any atom is 0.222 e. The second-order valence-corrected chi connectivity index (χ2v) is 8.29. The smallest absolute Gasteiger partial charge is 0.222 e. The standard InChI is InChI=1S/C21H41N5O.HI/c1-4-22-21(24-16-19-10-8-14-26(17-19)18(2)3)23-12-9-15-25-13-7-5-6-11-20(25)27;/h18-19H,4-17H2,1-3H3,(H2,22,23,24);1H. The molecule has 2 heterocycles. The summed E-state index contributed by atoms with van der Waals surface area (Å²) >= 11 is 0. The summed E-state index contributed by atoms with van der Waals surface area (Å²) in [7, 11) is 0. The van der Waals surface area contributed by atoms with Crippen LogP contribution in [0.1, 0.15) is 65.7 Å². The van der Waals surface area contributed by atoms with E-state index in [0.717, 1.165) is 70.9 Å². The number of piperidine rings is 1. The number of nitrogens with one attached hydrogen (secondary N) is 2. The number of guanidine groups is 1. The number of halogens is 1. The Kier molecular flexibility index (Phi) is 13.1. The molecular formula is C21H42IN5O. The fourth-order valence-electron chi connectivity index (χ4n) is 4.03. The minimum Gasteiger partial charge on any atom is -0.357 e. The first-order valence-electron chi connectivity index (χ1n) is 11.1. The van der Waals surface area contributed by atoms with E-state index in [2.05, 4.69) is 36.3 Å². The second kappa shape index (κ2) is 14.4. The van der Waals surface area contributed by atoms with E-state index in [1.54, 1.807) is 0 Å². The summed E-state index contributed by atoms with van der Waals surface area (Å²) in [6.07, 6.45) is 7.66. The summed E-state index contributed by atoms with van der Waals surface area (Å²) in [6.45, 7) is 13.5. The van der Waals surface area contributed by atoms with Gasteiger partial charge < -0.3 is 20.4 Å². The third kappa shape index (κ3) is 9.29. The fraction of sp³-hybridized carbons (Fsp3) is 0.905. The fourth-order valence-corrected chi connectivity index (χ4v) is 4.03. The Labute approximate surface area is 189 Å². The first-order valence-corrected chi connectivity index (χ1v) is 11.1. The Bertz CT molecular complexity index is 472. The van der Waals surface area contributed by atoms with E-state index in [-0.39, 0.29) is 24.0 Å². The Hall–Kier alpha value is -0.570. The molecule has 0 aromatic heterocycles. The lowest BCUT2D eigenvalue weighted by Crippen LogP contribution is -2.42. The van der Waals surface area contributed by atoms with Gasteiger partial charge >= 0.3 is 0 Å². The van der Waals surface area contributed by atoms with Crippen molar-refractivity contribution in [3.63, 3.8) is 0 Å². The van der Waals surface area contributed by atoms with Crippen LogP contribution in [0.5, 0.6) is 0 Å². The molecule has 1 unspecified atom stereocenters. The molecule has 2 aliphatic rings. The highest BCUT2D eigenvalue weighted by molar-refractivity contribution is 14.0. The van der Waals surface area contributed by atoms with Gasteiger partial charge in [-0.3, -0.25) is 9.79 Å². The van der Waals surface area contributed by atoms with E-state index >= 15 is 0 Å². The SMILES string of the molecule is CCNC(=NCC1CCCN(C(C)C)C1)NCCCN1CCCCCC1=O.I. The number of likely N-dealkylation sites (tertiary alicyclic amines) is 2. The van der Waals surface area contributed by atoms with Gasteiger partial charge in [0.2, 0.25) is 5.91 Å². The predicted molar refractivity (Wildman–Crippen MR) is 128 cm³/mol. The summed E-state index contributed by atoms with van der Waals surface area (Å²) in [5, 5.41) is 6.81. The summed E-state index contributed by atoms with van der Waals surface area (Å²) < 4.78 is 0. The molecule has 2 aliphatic heterocycles. The lowest BCUT2D eigenvalue weighted by Gasteiger charge is -2.34. The van der Waals surface area contributed by atoms with Gasteiger partial charge in [0.15, 0.2) is 5.96 Å². The van der Waals surface area contributed by atoms with Gasteiger partial charge in [-0.15, -0.1) is 24.0 Å². The number of carbonyl (C=O) groups is 1. The summed E-state index contributed by atoms with van der Waals surface area (Å²) in [5.74, 6) is 1.91. The van der Waals surface area contributed by atoms with Gasteiger partial charge in [0.1, 0.15) is 0 Å². The molecule has 2 rings (SSSR count). The van der Waals surface area contributed by atoms with Gasteiger partial charge in [-0.05, 0) is 65.3 Å². The Morgan fingerprint density at radius 1 is 1.18 bits per heavy atom. The molecular weight excluding hydrogens is 465 g/mol. The molecule has 28 heavy (non-hydrogen) atoms. The normalized spacial score (nSPS) is 22.0. The van der Waals surface area contributed by atoms with Crippen molar-refractivity contribution in [3.05, 3.63) is 0 Å². The first kappa shape index (κ1) is 25.5. The molecule has 1 atom stereocenters. The van der Waals surface area contributed by atoms with Crippen LogP contribution in [0.3, 0.4) is 0 Å². The van der Waals surface area contributed by atoms with Crippen molar-refractivity contribution < 1.29 is 4.79 Å². The second-order valence-electron chi connectivity index (χ2n) is 8.29. The maximum atomic E-state index is 12.1. The van der Waals surface area contributed by atoms with Crippen molar-refractivity contribution in [3.8, 4) is 0 Å². The van der Waals surface area contributed by atoms with Gasteiger partial charge in [0.05, 0.1) is 0 Å². The zero-order valence-corrected chi connectivity index (χ0v) is 20.5. The number of amides is 1. The van der Waals surface area contributed by atoms with E-state index in [4.69, 9.17) is 4.99 Å². The van der Waals surface area contributed by atoms with Gasteiger partial charge in [-0.25, -0.2) is 0 Å². The van der Waals surface area contributed by atoms with Gasteiger partial charge in [0.25, 0.3) is 0 Å². The van der Waals surface area contributed by atoms with Crippen LogP contribution < -0.4 is 10.6 Å². The highest BCUT2D eigenvalue weighted by Gasteiger charge is 2.21. The van der Waals surface area contributed by atoms with Crippen LogP contribution >= 0.6 is 24.0 Å². The van der Waals surface area contributed by atoms with Crippen LogP contribution in [0.4, 0.5) is 0 Å². The van der Waals surface area contributed by atoms with E-state index < -0.39 is 0 Å². The average Bonchev–Trinajstić information content (AvgIpc) is 2.87. The van der Waals surface area contributed by atoms with Crippen molar-refractivity contribution >= 4 is 35.8 Å². The molecule has 2 fully saturated rings. The summed E-state index contributed by atoms with van der Waals surface area (Å²) in [6, 6.07) is 0.629. The highest BCUT2D eigenvalue weighted by Crippen LogP contribution is 2.18. The van der Waals surface area contributed by atoms with Crippen molar-refractivity contribution in [1.82, 2.24) is 20.4 Å². The maximum absolute atomic E-state index is 12.1. The van der Waals surface area contributed by atoms with Gasteiger partial charge in [-0.1, -0.05) is 6.42 Å². The highest BCUT2D eigenvalue weighted by atomic mass is 127. The van der Waals surface area contributed by atoms with Crippen molar-refractivity contribution in [2.24, 2.45) is 10.9 Å². The first-order chi connectivity index (χ1) is 13.1. The minimum absolute atomic E-state index is 0. The lowest BCUT2D eigenvalue weighted by molar-refractivity contribution is -0.130. The molecule has 0 bridgehead atoms. The molecule has 6 nitrogen and oxygen atoms in total. The lowest BCUT2D eigenvalue weighted by atomic mass is 9.97. The van der Waals surface area contributed by atoms with Crippen LogP contribution in [0, 0.1) is 5.92 Å². The number of nitrogens with zero attached hydrogens (tertiary/aromatic N) is 3. The molecule has 2 N–H and O–H groups in total. The van der Waals surface area contributed by atoms with Crippen LogP contribution in [0.25, 0.3) is 0 Å². The van der Waals surface area contributed by atoms with Crippen LogP contribution in [0.15, 0.2) is 4.99 Å². The zero-order chi connectivity index (χ0) is 19.5. The number of hydrogen-bond donors (Lipinski definition) is 2. The molecule has 0 saturated carbocycles. The largest absolute Gasteiger partial charge is 0.357 e. The quantitative estimate of drug-likeness (QED) is 0.230. The van der Waals surface area contributed by atoms with Gasteiger partial charge in [0, 0.05) is 51.7 Å². The molecule has 164 valence electrons. The van der Waals surface area contributed by atoms with Crippen LogP contribution in [0.2, 0.25) is 0 Å². The molecule has 0 spiro atoms. The topological polar surface area (TPSA) is 60.0 Å². The molecule has 1 amide bonds. The molecule has 0 radical (unpaired) electrons. The number of rotatable bonds is 8. The van der Waals surface area contributed by atoms with E-state index in [9.17, 15) is 4.79 Å². The van der Waals surface area contributed by atoms with E-state index in [1.165, 1.54) is 25.8 Å². The van der Waals surface area contributed by atoms with Crippen molar-refractivity contribution in [2.45, 2.75) is 71.8 Å². The molecule has 0 aromatic carbocycles. The Morgan fingerprint density at radius 2 is 2.00 bits per heavy atom. The van der Waals surface area contributed by atoms with Crippen molar-refractivity contribution in [1.29, 1.82) is 0 Å². The summed E-state index contributed by atoms with van der Waals surface area (Å²) in [5.41, 5.74) is 0. The monoisotopic (exact) mass is 507 g/mol.